The monoisotopic (exact) mass is 247 g/mol. The van der Waals surface area contributed by atoms with Crippen molar-refractivity contribution in [2.45, 2.75) is 6.92 Å². The number of aromatic nitrogens is 3. The average Bonchev–Trinajstić information content (AvgIpc) is 2.48. The molecule has 0 spiro atoms. The van der Waals surface area contributed by atoms with Crippen LogP contribution < -0.4 is 0 Å². The van der Waals surface area contributed by atoms with Gasteiger partial charge in [0.15, 0.2) is 0 Å². The summed E-state index contributed by atoms with van der Waals surface area (Å²) in [6, 6.07) is 17.7. The number of nitrogens with zero attached hydrogens (tertiary/aromatic N) is 3. The molecular weight excluding hydrogens is 234 g/mol. The van der Waals surface area contributed by atoms with Crippen LogP contribution in [0.2, 0.25) is 0 Å². The van der Waals surface area contributed by atoms with Crippen LogP contribution in [0.1, 0.15) is 5.69 Å². The molecule has 3 heteroatoms. The summed E-state index contributed by atoms with van der Waals surface area (Å²) in [4.78, 5) is 13.4. The van der Waals surface area contributed by atoms with E-state index in [2.05, 4.69) is 15.0 Å². The second-order valence-electron chi connectivity index (χ2n) is 4.29. The van der Waals surface area contributed by atoms with Gasteiger partial charge in [-0.15, -0.1) is 0 Å². The van der Waals surface area contributed by atoms with Crippen LogP contribution in [0, 0.1) is 6.92 Å². The molecule has 0 radical (unpaired) electrons. The third kappa shape index (κ3) is 2.50. The summed E-state index contributed by atoms with van der Waals surface area (Å²) in [7, 11) is 0. The highest BCUT2D eigenvalue weighted by atomic mass is 14.8. The third-order valence-electron chi connectivity index (χ3n) is 2.83. The zero-order valence-corrected chi connectivity index (χ0v) is 10.6. The maximum atomic E-state index is 4.63. The predicted molar refractivity (Wildman–Crippen MR) is 75.4 cm³/mol. The molecule has 0 fully saturated rings. The molecule has 3 aromatic heterocycles. The van der Waals surface area contributed by atoms with Crippen LogP contribution >= 0.6 is 0 Å². The van der Waals surface area contributed by atoms with Crippen LogP contribution in [0.3, 0.4) is 0 Å². The topological polar surface area (TPSA) is 38.7 Å². The second-order valence-corrected chi connectivity index (χ2v) is 4.29. The molecule has 0 amide bonds. The van der Waals surface area contributed by atoms with E-state index >= 15 is 0 Å². The summed E-state index contributed by atoms with van der Waals surface area (Å²) >= 11 is 0. The molecule has 3 rings (SSSR count). The highest BCUT2D eigenvalue weighted by Gasteiger charge is 2.04. The lowest BCUT2D eigenvalue weighted by atomic mass is 10.2. The minimum absolute atomic E-state index is 0.862. The maximum Gasteiger partial charge on any atom is 0.0894 e. The van der Waals surface area contributed by atoms with Gasteiger partial charge in [0.25, 0.3) is 0 Å². The molecule has 3 aromatic rings. The molecule has 0 atom stereocenters. The van der Waals surface area contributed by atoms with Gasteiger partial charge in [-0.25, -0.2) is 4.98 Å². The van der Waals surface area contributed by atoms with Crippen molar-refractivity contribution in [1.82, 2.24) is 15.0 Å². The fourth-order valence-corrected chi connectivity index (χ4v) is 1.92. The number of hydrogen-bond donors (Lipinski definition) is 0. The van der Waals surface area contributed by atoms with E-state index < -0.39 is 0 Å². The van der Waals surface area contributed by atoms with Gasteiger partial charge in [0.1, 0.15) is 0 Å². The molecule has 0 aliphatic carbocycles. The smallest absolute Gasteiger partial charge is 0.0894 e. The molecule has 19 heavy (non-hydrogen) atoms. The van der Waals surface area contributed by atoms with Gasteiger partial charge < -0.3 is 0 Å². The highest BCUT2D eigenvalue weighted by molar-refractivity contribution is 5.61. The van der Waals surface area contributed by atoms with Crippen molar-refractivity contribution in [2.75, 3.05) is 0 Å². The van der Waals surface area contributed by atoms with Gasteiger partial charge in [-0.3, -0.25) is 9.97 Å². The zero-order valence-electron chi connectivity index (χ0n) is 10.6. The molecule has 0 saturated carbocycles. The zero-order chi connectivity index (χ0) is 13.1. The highest BCUT2D eigenvalue weighted by Crippen LogP contribution is 2.19. The fourth-order valence-electron chi connectivity index (χ4n) is 1.92. The Morgan fingerprint density at radius 3 is 1.95 bits per heavy atom. The van der Waals surface area contributed by atoms with Crippen molar-refractivity contribution in [1.29, 1.82) is 0 Å². The van der Waals surface area contributed by atoms with Gasteiger partial charge in [-0.1, -0.05) is 18.2 Å². The van der Waals surface area contributed by atoms with E-state index in [9.17, 15) is 0 Å². The second kappa shape index (κ2) is 4.98. The van der Waals surface area contributed by atoms with E-state index in [1.54, 1.807) is 6.20 Å². The minimum Gasteiger partial charge on any atom is -0.255 e. The summed E-state index contributed by atoms with van der Waals surface area (Å²) in [6.07, 6.45) is 1.77. The van der Waals surface area contributed by atoms with E-state index in [1.165, 1.54) is 0 Å². The van der Waals surface area contributed by atoms with Crippen molar-refractivity contribution in [3.8, 4) is 22.8 Å². The first kappa shape index (κ1) is 11.5. The van der Waals surface area contributed by atoms with Crippen LogP contribution in [-0.2, 0) is 0 Å². The SMILES string of the molecule is Cc1cccc(-c2cccc(-c3ccccn3)n2)n1. The molecule has 3 heterocycles. The lowest BCUT2D eigenvalue weighted by Crippen LogP contribution is -1.92. The van der Waals surface area contributed by atoms with Gasteiger partial charge in [0.2, 0.25) is 0 Å². The molecule has 0 bridgehead atoms. The van der Waals surface area contributed by atoms with Gasteiger partial charge in [0.05, 0.1) is 22.8 Å². The first-order valence-electron chi connectivity index (χ1n) is 6.15. The quantitative estimate of drug-likeness (QED) is 0.695. The van der Waals surface area contributed by atoms with Gasteiger partial charge in [-0.2, -0.15) is 0 Å². The Labute approximate surface area is 112 Å². The molecule has 0 aliphatic heterocycles. The van der Waals surface area contributed by atoms with E-state index in [-0.39, 0.29) is 0 Å². The molecule has 0 N–H and O–H groups in total. The number of rotatable bonds is 2. The molecule has 0 unspecified atom stereocenters. The molecule has 0 saturated heterocycles. The van der Waals surface area contributed by atoms with Gasteiger partial charge in [0, 0.05) is 11.9 Å². The predicted octanol–water partition coefficient (Wildman–Crippen LogP) is 3.51. The molecule has 0 aromatic carbocycles. The van der Waals surface area contributed by atoms with Crippen LogP contribution in [0.15, 0.2) is 60.8 Å². The van der Waals surface area contributed by atoms with E-state index in [1.807, 2.05) is 61.5 Å². The normalized spacial score (nSPS) is 10.4. The van der Waals surface area contributed by atoms with E-state index in [0.717, 1.165) is 28.5 Å². The largest absolute Gasteiger partial charge is 0.255 e. The first-order chi connectivity index (χ1) is 9.33. The fraction of sp³-hybridized carbons (Fsp3) is 0.0625. The Balaban J connectivity index is 2.06. The van der Waals surface area contributed by atoms with Crippen LogP contribution in [0.25, 0.3) is 22.8 Å². The van der Waals surface area contributed by atoms with Crippen molar-refractivity contribution >= 4 is 0 Å². The van der Waals surface area contributed by atoms with Crippen LogP contribution in [-0.4, -0.2) is 15.0 Å². The summed E-state index contributed by atoms with van der Waals surface area (Å²) < 4.78 is 0. The number of aryl methyl sites for hydroxylation is 1. The van der Waals surface area contributed by atoms with Crippen molar-refractivity contribution < 1.29 is 0 Å². The summed E-state index contributed by atoms with van der Waals surface area (Å²) in [5.74, 6) is 0. The molecule has 92 valence electrons. The van der Waals surface area contributed by atoms with Gasteiger partial charge >= 0.3 is 0 Å². The van der Waals surface area contributed by atoms with Crippen LogP contribution in [0.4, 0.5) is 0 Å². The van der Waals surface area contributed by atoms with Crippen molar-refractivity contribution in [3.05, 3.63) is 66.5 Å². The van der Waals surface area contributed by atoms with Crippen LogP contribution in [0.5, 0.6) is 0 Å². The lowest BCUT2D eigenvalue weighted by molar-refractivity contribution is 1.17. The van der Waals surface area contributed by atoms with Crippen molar-refractivity contribution in [2.24, 2.45) is 0 Å². The minimum atomic E-state index is 0.862. The number of pyridine rings is 3. The molecule has 0 aliphatic rings. The van der Waals surface area contributed by atoms with Crippen molar-refractivity contribution in [3.63, 3.8) is 0 Å². The van der Waals surface area contributed by atoms with E-state index in [4.69, 9.17) is 0 Å². The molecule has 3 nitrogen and oxygen atoms in total. The molecular formula is C16H13N3. The summed E-state index contributed by atoms with van der Waals surface area (Å²) in [5.41, 5.74) is 4.48. The maximum absolute atomic E-state index is 4.63. The Hall–Kier alpha value is -2.55. The van der Waals surface area contributed by atoms with E-state index in [0.29, 0.717) is 0 Å². The Morgan fingerprint density at radius 2 is 1.26 bits per heavy atom. The standard InChI is InChI=1S/C16H13N3/c1-12-6-4-8-15(18-12)16-10-5-9-14(19-16)13-7-2-3-11-17-13/h2-11H,1H3. The van der Waals surface area contributed by atoms with Gasteiger partial charge in [-0.05, 0) is 43.3 Å². The third-order valence-corrected chi connectivity index (χ3v) is 2.83. The Bertz CT molecular complexity index is 693. The Morgan fingerprint density at radius 1 is 0.632 bits per heavy atom. The summed E-state index contributed by atoms with van der Waals surface area (Å²) in [5, 5.41) is 0. The Kier molecular flexibility index (Phi) is 3.02. The summed E-state index contributed by atoms with van der Waals surface area (Å²) in [6.45, 7) is 1.98. The lowest BCUT2D eigenvalue weighted by Gasteiger charge is -2.04. The first-order valence-corrected chi connectivity index (χ1v) is 6.15. The average molecular weight is 247 g/mol. The number of hydrogen-bond acceptors (Lipinski definition) is 3.